The molecule has 1 aliphatic heterocycles. The first-order valence-electron chi connectivity index (χ1n) is 10.0. The van der Waals surface area contributed by atoms with E-state index in [-0.39, 0.29) is 12.2 Å². The molecule has 7 nitrogen and oxygen atoms in total. The van der Waals surface area contributed by atoms with Gasteiger partial charge in [-0.15, -0.1) is 11.3 Å². The molecule has 3 aromatic rings. The summed E-state index contributed by atoms with van der Waals surface area (Å²) in [6.45, 7) is 5.43. The minimum atomic E-state index is -0.613. The number of methoxy groups -OCH3 is 2. The average molecular weight is 483 g/mol. The molecule has 1 aromatic carbocycles. The summed E-state index contributed by atoms with van der Waals surface area (Å²) >= 11 is 2.74. The Kier molecular flexibility index (Phi) is 6.62. The molecule has 0 bridgehead atoms. The lowest BCUT2D eigenvalue weighted by Gasteiger charge is -2.23. The van der Waals surface area contributed by atoms with Gasteiger partial charge in [0.05, 0.1) is 30.0 Å². The van der Waals surface area contributed by atoms with Crippen molar-refractivity contribution in [2.45, 2.75) is 13.0 Å². The molecule has 170 valence electrons. The first-order valence-corrected chi connectivity index (χ1v) is 11.7. The van der Waals surface area contributed by atoms with Gasteiger partial charge in [-0.2, -0.15) is 0 Å². The lowest BCUT2D eigenvalue weighted by Crippen LogP contribution is -2.39. The molecule has 1 atom stereocenters. The third kappa shape index (κ3) is 4.29. The highest BCUT2D eigenvalue weighted by molar-refractivity contribution is 7.10. The second-order valence-corrected chi connectivity index (χ2v) is 9.08. The van der Waals surface area contributed by atoms with Gasteiger partial charge in [0, 0.05) is 16.5 Å². The Balaban J connectivity index is 1.90. The van der Waals surface area contributed by atoms with Crippen molar-refractivity contribution >= 4 is 34.7 Å². The fraction of sp³-hybridized carbons (Fsp3) is 0.208. The predicted octanol–water partition coefficient (Wildman–Crippen LogP) is 3.04. The van der Waals surface area contributed by atoms with Crippen LogP contribution in [-0.4, -0.2) is 31.4 Å². The van der Waals surface area contributed by atoms with Crippen molar-refractivity contribution in [2.75, 3.05) is 20.8 Å². The van der Waals surface area contributed by atoms with Crippen LogP contribution in [0, 0.1) is 0 Å². The van der Waals surface area contributed by atoms with Gasteiger partial charge in [0.15, 0.2) is 4.80 Å². The van der Waals surface area contributed by atoms with E-state index < -0.39 is 12.0 Å². The van der Waals surface area contributed by atoms with Crippen molar-refractivity contribution in [1.29, 1.82) is 0 Å². The van der Waals surface area contributed by atoms with Crippen molar-refractivity contribution in [2.24, 2.45) is 4.99 Å². The first-order chi connectivity index (χ1) is 16.0. The zero-order chi connectivity index (χ0) is 23.5. The van der Waals surface area contributed by atoms with Gasteiger partial charge < -0.3 is 14.2 Å². The lowest BCUT2D eigenvalue weighted by molar-refractivity contribution is -0.138. The SMILES string of the molecule is C=CCOC(=O)C1=C(C)N=c2s/c(=C/c3ccc(OC)cc3OC)c(=O)n2[C@H]1c1cccs1. The summed E-state index contributed by atoms with van der Waals surface area (Å²) in [4.78, 5) is 32.4. The Morgan fingerprint density at radius 2 is 2.09 bits per heavy atom. The average Bonchev–Trinajstić information content (AvgIpc) is 3.45. The quantitative estimate of drug-likeness (QED) is 0.382. The Morgan fingerprint density at radius 1 is 1.27 bits per heavy atom. The molecule has 33 heavy (non-hydrogen) atoms. The second kappa shape index (κ2) is 9.60. The zero-order valence-corrected chi connectivity index (χ0v) is 20.0. The maximum atomic E-state index is 13.6. The van der Waals surface area contributed by atoms with Gasteiger partial charge in [0.2, 0.25) is 0 Å². The standard InChI is InChI=1S/C24H22N2O5S2/c1-5-10-31-23(28)20-14(2)25-24-26(21(20)18-7-6-11-32-18)22(27)19(33-24)12-15-8-9-16(29-3)13-17(15)30-4/h5-9,11-13,21H,1,10H2,2-4H3/b19-12+/t21-/m0/s1. The molecule has 0 N–H and O–H groups in total. The number of thiazole rings is 1. The molecule has 0 spiro atoms. The number of fused-ring (bicyclic) bond motifs is 1. The van der Waals surface area contributed by atoms with Crippen LogP contribution in [0.15, 0.2) is 69.4 Å². The minimum absolute atomic E-state index is 0.0778. The second-order valence-electron chi connectivity index (χ2n) is 7.09. The van der Waals surface area contributed by atoms with Crippen LogP contribution in [0.4, 0.5) is 0 Å². The summed E-state index contributed by atoms with van der Waals surface area (Å²) in [6, 6.07) is 8.57. The Hall–Kier alpha value is -3.43. The number of esters is 1. The van der Waals surface area contributed by atoms with Crippen LogP contribution in [0.1, 0.15) is 23.4 Å². The molecular formula is C24H22N2O5S2. The number of thiophene rings is 1. The highest BCUT2D eigenvalue weighted by Crippen LogP contribution is 2.33. The van der Waals surface area contributed by atoms with Crippen LogP contribution >= 0.6 is 22.7 Å². The predicted molar refractivity (Wildman–Crippen MR) is 129 cm³/mol. The third-order valence-electron chi connectivity index (χ3n) is 5.11. The zero-order valence-electron chi connectivity index (χ0n) is 18.4. The van der Waals surface area contributed by atoms with Crippen molar-refractivity contribution in [3.63, 3.8) is 0 Å². The van der Waals surface area contributed by atoms with Gasteiger partial charge in [-0.3, -0.25) is 9.36 Å². The number of aromatic nitrogens is 1. The number of allylic oxidation sites excluding steroid dienone is 1. The van der Waals surface area contributed by atoms with Crippen LogP contribution in [0.2, 0.25) is 0 Å². The Labute approximate surface area is 198 Å². The third-order valence-corrected chi connectivity index (χ3v) is 7.02. The Morgan fingerprint density at radius 3 is 2.76 bits per heavy atom. The van der Waals surface area contributed by atoms with Gasteiger partial charge in [0.25, 0.3) is 5.56 Å². The van der Waals surface area contributed by atoms with Crippen molar-refractivity contribution in [1.82, 2.24) is 4.57 Å². The molecule has 9 heteroatoms. The van der Waals surface area contributed by atoms with E-state index in [1.807, 2.05) is 23.6 Å². The maximum absolute atomic E-state index is 13.6. The smallest absolute Gasteiger partial charge is 0.338 e. The lowest BCUT2D eigenvalue weighted by atomic mass is 10.0. The van der Waals surface area contributed by atoms with E-state index in [1.54, 1.807) is 43.9 Å². The van der Waals surface area contributed by atoms with Gasteiger partial charge in [0.1, 0.15) is 24.1 Å². The molecule has 0 fully saturated rings. The fourth-order valence-corrected chi connectivity index (χ4v) is 5.45. The summed E-state index contributed by atoms with van der Waals surface area (Å²) in [5, 5.41) is 1.91. The van der Waals surface area contributed by atoms with Gasteiger partial charge in [-0.1, -0.05) is 30.1 Å². The molecule has 4 rings (SSSR count). The van der Waals surface area contributed by atoms with Crippen molar-refractivity contribution in [3.8, 4) is 11.5 Å². The van der Waals surface area contributed by atoms with Crippen molar-refractivity contribution in [3.05, 3.63) is 89.8 Å². The summed E-state index contributed by atoms with van der Waals surface area (Å²) in [5.41, 5.74) is 1.37. The van der Waals surface area contributed by atoms with E-state index in [2.05, 4.69) is 11.6 Å². The Bertz CT molecular complexity index is 1410. The minimum Gasteiger partial charge on any atom is -0.497 e. The van der Waals surface area contributed by atoms with Crippen LogP contribution in [0.25, 0.3) is 6.08 Å². The molecule has 2 aromatic heterocycles. The van der Waals surface area contributed by atoms with E-state index in [0.29, 0.717) is 32.1 Å². The molecule has 0 saturated heterocycles. The molecule has 0 saturated carbocycles. The summed E-state index contributed by atoms with van der Waals surface area (Å²) in [5.74, 6) is 0.724. The molecule has 0 amide bonds. The normalized spacial score (nSPS) is 15.6. The summed E-state index contributed by atoms with van der Waals surface area (Å²) < 4.78 is 18.1. The molecule has 3 heterocycles. The van der Waals surface area contributed by atoms with Crippen molar-refractivity contribution < 1.29 is 19.0 Å². The monoisotopic (exact) mass is 482 g/mol. The molecule has 0 unspecified atom stereocenters. The van der Waals surface area contributed by atoms with E-state index >= 15 is 0 Å². The maximum Gasteiger partial charge on any atom is 0.338 e. The van der Waals surface area contributed by atoms with E-state index in [1.165, 1.54) is 28.7 Å². The van der Waals surface area contributed by atoms with Gasteiger partial charge in [-0.05, 0) is 36.6 Å². The topological polar surface area (TPSA) is 79.1 Å². The molecular weight excluding hydrogens is 460 g/mol. The number of nitrogens with zero attached hydrogens (tertiary/aromatic N) is 2. The van der Waals surface area contributed by atoms with Crippen LogP contribution in [0.3, 0.4) is 0 Å². The summed E-state index contributed by atoms with van der Waals surface area (Å²) in [6.07, 6.45) is 3.27. The molecule has 0 aliphatic carbocycles. The number of ether oxygens (including phenoxy) is 3. The number of hydrogen-bond donors (Lipinski definition) is 0. The van der Waals surface area contributed by atoms with Crippen LogP contribution in [-0.2, 0) is 9.53 Å². The number of hydrogen-bond acceptors (Lipinski definition) is 8. The highest BCUT2D eigenvalue weighted by Gasteiger charge is 2.33. The first kappa shape index (κ1) is 22.8. The van der Waals surface area contributed by atoms with E-state index in [0.717, 1.165) is 10.4 Å². The number of rotatable bonds is 7. The number of benzene rings is 1. The molecule has 0 radical (unpaired) electrons. The van der Waals surface area contributed by atoms with E-state index in [9.17, 15) is 9.59 Å². The van der Waals surface area contributed by atoms with Crippen LogP contribution < -0.4 is 24.4 Å². The van der Waals surface area contributed by atoms with Crippen LogP contribution in [0.5, 0.6) is 11.5 Å². The van der Waals surface area contributed by atoms with Gasteiger partial charge in [-0.25, -0.2) is 9.79 Å². The number of carbonyl (C=O) groups is 1. The summed E-state index contributed by atoms with van der Waals surface area (Å²) in [7, 11) is 3.14. The molecule has 1 aliphatic rings. The largest absolute Gasteiger partial charge is 0.497 e. The fourth-order valence-electron chi connectivity index (χ4n) is 3.59. The highest BCUT2D eigenvalue weighted by atomic mass is 32.1. The van der Waals surface area contributed by atoms with Gasteiger partial charge >= 0.3 is 5.97 Å². The number of carbonyl (C=O) groups excluding carboxylic acids is 1. The van der Waals surface area contributed by atoms with E-state index in [4.69, 9.17) is 14.2 Å².